The topological polar surface area (TPSA) is 116 Å². The van der Waals surface area contributed by atoms with E-state index in [-0.39, 0.29) is 23.4 Å². The molecule has 9 heteroatoms. The minimum Gasteiger partial charge on any atom is -0.469 e. The number of sulfonamides is 1. The van der Waals surface area contributed by atoms with Crippen molar-refractivity contribution in [1.82, 2.24) is 0 Å². The average molecular weight is 379 g/mol. The Hall–Kier alpha value is -1.45. The lowest BCUT2D eigenvalue weighted by Crippen LogP contribution is -2.18. The zero-order valence-electron chi connectivity index (χ0n) is 11.3. The highest BCUT2D eigenvalue weighted by molar-refractivity contribution is 9.10. The van der Waals surface area contributed by atoms with Gasteiger partial charge in [-0.05, 0) is 24.6 Å². The van der Waals surface area contributed by atoms with E-state index in [0.29, 0.717) is 10.9 Å². The minimum absolute atomic E-state index is 0.0647. The number of hydrogen-bond donors (Lipinski definition) is 2. The SMILES string of the molecule is COC(=O)CCCC(=O)Nc1ccc(Br)cc1S(N)(=O)=O. The van der Waals surface area contributed by atoms with Crippen molar-refractivity contribution in [2.45, 2.75) is 24.2 Å². The van der Waals surface area contributed by atoms with E-state index in [0.717, 1.165) is 0 Å². The molecule has 0 saturated carbocycles. The quantitative estimate of drug-likeness (QED) is 0.725. The Bertz CT molecular complexity index is 645. The van der Waals surface area contributed by atoms with Gasteiger partial charge >= 0.3 is 5.97 Å². The van der Waals surface area contributed by atoms with Gasteiger partial charge in [-0.3, -0.25) is 9.59 Å². The van der Waals surface area contributed by atoms with Gasteiger partial charge in [0.1, 0.15) is 4.90 Å². The van der Waals surface area contributed by atoms with Crippen molar-refractivity contribution in [1.29, 1.82) is 0 Å². The van der Waals surface area contributed by atoms with Crippen molar-refractivity contribution in [3.05, 3.63) is 22.7 Å². The van der Waals surface area contributed by atoms with Gasteiger partial charge in [0, 0.05) is 17.3 Å². The van der Waals surface area contributed by atoms with Crippen molar-refractivity contribution in [2.75, 3.05) is 12.4 Å². The summed E-state index contributed by atoms with van der Waals surface area (Å²) in [5.74, 6) is -0.817. The van der Waals surface area contributed by atoms with Crippen LogP contribution in [-0.2, 0) is 24.3 Å². The number of amides is 1. The molecule has 0 bridgehead atoms. The fraction of sp³-hybridized carbons (Fsp3) is 0.333. The van der Waals surface area contributed by atoms with Crippen LogP contribution in [0.3, 0.4) is 0 Å². The third-order valence-corrected chi connectivity index (χ3v) is 3.98. The van der Waals surface area contributed by atoms with E-state index in [9.17, 15) is 18.0 Å². The van der Waals surface area contributed by atoms with E-state index >= 15 is 0 Å². The Labute approximate surface area is 131 Å². The summed E-state index contributed by atoms with van der Waals surface area (Å²) in [5.41, 5.74) is 0.101. The summed E-state index contributed by atoms with van der Waals surface area (Å²) < 4.78 is 27.9. The van der Waals surface area contributed by atoms with Crippen LogP contribution in [0, 0.1) is 0 Å². The molecule has 3 N–H and O–H groups in total. The largest absolute Gasteiger partial charge is 0.469 e. The predicted molar refractivity (Wildman–Crippen MR) is 80.0 cm³/mol. The molecular formula is C12H15BrN2O5S. The van der Waals surface area contributed by atoms with Crippen LogP contribution in [-0.4, -0.2) is 27.4 Å². The van der Waals surface area contributed by atoms with Crippen molar-refractivity contribution in [2.24, 2.45) is 5.14 Å². The number of nitrogens with one attached hydrogen (secondary N) is 1. The van der Waals surface area contributed by atoms with Crippen LogP contribution in [0.4, 0.5) is 5.69 Å². The Balaban J connectivity index is 2.75. The molecule has 0 saturated heterocycles. The summed E-state index contributed by atoms with van der Waals surface area (Å²) in [6, 6.07) is 4.32. The molecule has 0 aliphatic rings. The molecule has 0 spiro atoms. The van der Waals surface area contributed by atoms with Crippen LogP contribution in [0.25, 0.3) is 0 Å². The number of esters is 1. The molecule has 1 amide bonds. The molecule has 0 aliphatic carbocycles. The van der Waals surface area contributed by atoms with Gasteiger partial charge in [0.2, 0.25) is 15.9 Å². The van der Waals surface area contributed by atoms with E-state index < -0.39 is 21.9 Å². The van der Waals surface area contributed by atoms with Gasteiger partial charge in [-0.2, -0.15) is 0 Å². The fourth-order valence-corrected chi connectivity index (χ4v) is 2.77. The first-order valence-electron chi connectivity index (χ1n) is 5.93. The van der Waals surface area contributed by atoms with Crippen LogP contribution >= 0.6 is 15.9 Å². The molecule has 116 valence electrons. The Morgan fingerprint density at radius 1 is 1.33 bits per heavy atom. The highest BCUT2D eigenvalue weighted by atomic mass is 79.9. The fourth-order valence-electron chi connectivity index (χ4n) is 1.54. The number of rotatable bonds is 6. The molecule has 21 heavy (non-hydrogen) atoms. The van der Waals surface area contributed by atoms with E-state index in [2.05, 4.69) is 26.0 Å². The second-order valence-electron chi connectivity index (χ2n) is 4.16. The van der Waals surface area contributed by atoms with Crippen molar-refractivity contribution < 1.29 is 22.7 Å². The van der Waals surface area contributed by atoms with Gasteiger partial charge < -0.3 is 10.1 Å². The Morgan fingerprint density at radius 3 is 2.57 bits per heavy atom. The second kappa shape index (κ2) is 7.53. The summed E-state index contributed by atoms with van der Waals surface area (Å²) in [7, 11) is -2.69. The molecular weight excluding hydrogens is 364 g/mol. The highest BCUT2D eigenvalue weighted by Gasteiger charge is 2.16. The van der Waals surface area contributed by atoms with Gasteiger partial charge in [-0.15, -0.1) is 0 Å². The molecule has 0 aliphatic heterocycles. The normalized spacial score (nSPS) is 11.0. The van der Waals surface area contributed by atoms with Gasteiger partial charge in [-0.25, -0.2) is 13.6 Å². The number of carbonyl (C=O) groups excluding carboxylic acids is 2. The van der Waals surface area contributed by atoms with Crippen LogP contribution < -0.4 is 10.5 Å². The van der Waals surface area contributed by atoms with Crippen molar-refractivity contribution in [3.8, 4) is 0 Å². The van der Waals surface area contributed by atoms with Crippen molar-refractivity contribution >= 4 is 43.5 Å². The Kier molecular flexibility index (Phi) is 6.31. The Morgan fingerprint density at radius 2 is 2.00 bits per heavy atom. The zero-order valence-corrected chi connectivity index (χ0v) is 13.7. The lowest BCUT2D eigenvalue weighted by Gasteiger charge is -2.10. The maximum absolute atomic E-state index is 11.7. The number of halogens is 1. The number of benzene rings is 1. The van der Waals surface area contributed by atoms with Gasteiger partial charge in [0.05, 0.1) is 12.8 Å². The monoisotopic (exact) mass is 378 g/mol. The first-order chi connectivity index (χ1) is 9.74. The van der Waals surface area contributed by atoms with Crippen LogP contribution in [0.15, 0.2) is 27.6 Å². The number of anilines is 1. The first-order valence-corrected chi connectivity index (χ1v) is 8.27. The first kappa shape index (κ1) is 17.6. The highest BCUT2D eigenvalue weighted by Crippen LogP contribution is 2.24. The summed E-state index contributed by atoms with van der Waals surface area (Å²) in [4.78, 5) is 22.5. The van der Waals surface area contributed by atoms with Crippen LogP contribution in [0.1, 0.15) is 19.3 Å². The summed E-state index contributed by atoms with van der Waals surface area (Å²) >= 11 is 3.14. The number of carbonyl (C=O) groups is 2. The molecule has 0 aromatic heterocycles. The van der Waals surface area contributed by atoms with Crippen LogP contribution in [0.2, 0.25) is 0 Å². The average Bonchev–Trinajstić information content (AvgIpc) is 2.39. The minimum atomic E-state index is -3.96. The van der Waals surface area contributed by atoms with E-state index in [1.807, 2.05) is 0 Å². The standard InChI is InChI=1S/C12H15BrN2O5S/c1-20-12(17)4-2-3-11(16)15-9-6-5-8(13)7-10(9)21(14,18)19/h5-7H,2-4H2,1H3,(H,15,16)(H2,14,18,19). The van der Waals surface area contributed by atoms with Gasteiger partial charge in [0.15, 0.2) is 0 Å². The summed E-state index contributed by atoms with van der Waals surface area (Å²) in [6.45, 7) is 0. The molecule has 0 atom stereocenters. The van der Waals surface area contributed by atoms with Crippen molar-refractivity contribution in [3.63, 3.8) is 0 Å². The smallest absolute Gasteiger partial charge is 0.305 e. The number of ether oxygens (including phenoxy) is 1. The molecule has 7 nitrogen and oxygen atoms in total. The van der Waals surface area contributed by atoms with E-state index in [4.69, 9.17) is 5.14 Å². The molecule has 1 rings (SSSR count). The molecule has 0 unspecified atom stereocenters. The second-order valence-corrected chi connectivity index (χ2v) is 6.61. The number of methoxy groups -OCH3 is 1. The molecule has 0 radical (unpaired) electrons. The lowest BCUT2D eigenvalue weighted by molar-refractivity contribution is -0.140. The van der Waals surface area contributed by atoms with E-state index in [1.165, 1.54) is 19.2 Å². The maximum atomic E-state index is 11.7. The third-order valence-electron chi connectivity index (χ3n) is 2.54. The maximum Gasteiger partial charge on any atom is 0.305 e. The van der Waals surface area contributed by atoms with E-state index in [1.54, 1.807) is 6.07 Å². The number of nitrogens with two attached hydrogens (primary N) is 1. The summed E-state index contributed by atoms with van der Waals surface area (Å²) in [6.07, 6.45) is 0.487. The third kappa shape index (κ3) is 5.82. The number of hydrogen-bond acceptors (Lipinski definition) is 5. The number of primary sulfonamides is 1. The lowest BCUT2D eigenvalue weighted by atomic mass is 10.2. The molecule has 0 fully saturated rings. The van der Waals surface area contributed by atoms with Crippen LogP contribution in [0.5, 0.6) is 0 Å². The van der Waals surface area contributed by atoms with Gasteiger partial charge in [-0.1, -0.05) is 15.9 Å². The molecule has 0 heterocycles. The van der Waals surface area contributed by atoms with Gasteiger partial charge in [0.25, 0.3) is 0 Å². The zero-order chi connectivity index (χ0) is 16.0. The summed E-state index contributed by atoms with van der Waals surface area (Å²) in [5, 5.41) is 7.56. The molecule has 1 aromatic carbocycles. The molecule has 1 aromatic rings. The predicted octanol–water partition coefficient (Wildman–Crippen LogP) is 1.38.